The van der Waals surface area contributed by atoms with Crippen LogP contribution in [0.3, 0.4) is 0 Å². The molecule has 2 unspecified atom stereocenters. The van der Waals surface area contributed by atoms with Crippen molar-refractivity contribution < 1.29 is 14.6 Å². The first-order chi connectivity index (χ1) is 15.6. The predicted molar refractivity (Wildman–Crippen MR) is 132 cm³/mol. The van der Waals surface area contributed by atoms with Gasteiger partial charge in [0, 0.05) is 25.1 Å². The second-order valence-corrected chi connectivity index (χ2v) is 8.37. The maximum Gasteiger partial charge on any atom is 0.410 e. The van der Waals surface area contributed by atoms with Crippen molar-refractivity contribution in [3.8, 4) is 11.1 Å². The molecule has 0 aromatic heterocycles. The standard InChI is InChI=1S/C21H23NO2.C4H11NO.C2H6/c1-15-8-6-7-13-22(15)21(23)24-14-20-18-11-4-2-9-16(18)17-10-3-5-12-19(17)20;1-4(2-5)3-6;1-2/h2-5,9-12,15,20H,6-8,13-14H2,1H3;4,6H,2-3,5H2,1H3;1-2H3. The number of benzene rings is 2. The first-order valence-electron chi connectivity index (χ1n) is 12.0. The van der Waals surface area contributed by atoms with Gasteiger partial charge in [-0.2, -0.15) is 0 Å². The van der Waals surface area contributed by atoms with Crippen LogP contribution in [0.4, 0.5) is 4.79 Å². The van der Waals surface area contributed by atoms with Crippen molar-refractivity contribution in [3.05, 3.63) is 59.7 Å². The highest BCUT2D eigenvalue weighted by Gasteiger charge is 2.30. The summed E-state index contributed by atoms with van der Waals surface area (Å²) in [5.74, 6) is 0.409. The van der Waals surface area contributed by atoms with E-state index in [1.807, 2.05) is 25.7 Å². The molecule has 5 heteroatoms. The van der Waals surface area contributed by atoms with Crippen molar-refractivity contribution >= 4 is 6.09 Å². The normalized spacial score (nSPS) is 17.7. The molecule has 1 aliphatic heterocycles. The second kappa shape index (κ2) is 13.2. The summed E-state index contributed by atoms with van der Waals surface area (Å²) in [4.78, 5) is 14.4. The van der Waals surface area contributed by atoms with Crippen molar-refractivity contribution in [3.63, 3.8) is 0 Å². The van der Waals surface area contributed by atoms with E-state index in [4.69, 9.17) is 15.6 Å². The number of nitrogens with zero attached hydrogens (tertiary/aromatic N) is 1. The molecule has 0 radical (unpaired) electrons. The minimum Gasteiger partial charge on any atom is -0.448 e. The molecule has 1 aliphatic carbocycles. The minimum atomic E-state index is -0.163. The van der Waals surface area contributed by atoms with Crippen LogP contribution in [0.1, 0.15) is 64.0 Å². The average molecular weight is 441 g/mol. The maximum atomic E-state index is 12.5. The molecule has 1 amide bonds. The number of piperidine rings is 1. The maximum absolute atomic E-state index is 12.5. The molecular formula is C27H40N2O3. The number of rotatable bonds is 4. The van der Waals surface area contributed by atoms with Crippen molar-refractivity contribution in [2.75, 3.05) is 26.3 Å². The molecule has 1 saturated heterocycles. The van der Waals surface area contributed by atoms with Gasteiger partial charge in [0.1, 0.15) is 6.61 Å². The van der Waals surface area contributed by atoms with Gasteiger partial charge in [-0.1, -0.05) is 69.3 Å². The summed E-state index contributed by atoms with van der Waals surface area (Å²) < 4.78 is 5.74. The summed E-state index contributed by atoms with van der Waals surface area (Å²) in [5.41, 5.74) is 10.2. The van der Waals surface area contributed by atoms with Gasteiger partial charge in [0.05, 0.1) is 0 Å². The number of nitrogens with two attached hydrogens (primary N) is 1. The molecule has 1 fully saturated rings. The van der Waals surface area contributed by atoms with Gasteiger partial charge in [-0.3, -0.25) is 0 Å². The fourth-order valence-electron chi connectivity index (χ4n) is 4.12. The summed E-state index contributed by atoms with van der Waals surface area (Å²) >= 11 is 0. The van der Waals surface area contributed by atoms with Crippen LogP contribution in [0.2, 0.25) is 0 Å². The van der Waals surface area contributed by atoms with E-state index < -0.39 is 0 Å². The van der Waals surface area contributed by atoms with Crippen LogP contribution in [-0.2, 0) is 4.74 Å². The van der Waals surface area contributed by atoms with Gasteiger partial charge in [-0.05, 0) is 60.9 Å². The molecule has 2 aromatic rings. The van der Waals surface area contributed by atoms with Gasteiger partial charge in [-0.15, -0.1) is 0 Å². The fraction of sp³-hybridized carbons (Fsp3) is 0.519. The molecule has 2 atom stereocenters. The number of hydrogen-bond donors (Lipinski definition) is 2. The van der Waals surface area contributed by atoms with Crippen LogP contribution in [0.15, 0.2) is 48.5 Å². The van der Waals surface area contributed by atoms with Crippen molar-refractivity contribution in [2.45, 2.75) is 58.9 Å². The Bertz CT molecular complexity index is 790. The summed E-state index contributed by atoms with van der Waals surface area (Å²) in [5, 5.41) is 8.25. The van der Waals surface area contributed by atoms with Crippen molar-refractivity contribution in [1.29, 1.82) is 0 Å². The highest BCUT2D eigenvalue weighted by Crippen LogP contribution is 2.44. The number of aliphatic hydroxyl groups is 1. The van der Waals surface area contributed by atoms with E-state index in [0.717, 1.165) is 19.4 Å². The van der Waals surface area contributed by atoms with E-state index in [1.165, 1.54) is 28.7 Å². The number of hydrogen-bond acceptors (Lipinski definition) is 4. The smallest absolute Gasteiger partial charge is 0.410 e. The zero-order valence-corrected chi connectivity index (χ0v) is 20.1. The molecule has 1 heterocycles. The molecule has 2 aliphatic rings. The Morgan fingerprint density at radius 1 is 1.09 bits per heavy atom. The summed E-state index contributed by atoms with van der Waals surface area (Å²) in [6.45, 7) is 10.0. The summed E-state index contributed by atoms with van der Waals surface area (Å²) in [6, 6.07) is 17.2. The van der Waals surface area contributed by atoms with E-state index in [2.05, 4.69) is 55.5 Å². The Morgan fingerprint density at radius 3 is 2.12 bits per heavy atom. The van der Waals surface area contributed by atoms with E-state index in [9.17, 15) is 4.79 Å². The second-order valence-electron chi connectivity index (χ2n) is 8.37. The molecule has 4 rings (SSSR count). The number of carbonyl (C=O) groups is 1. The number of carbonyl (C=O) groups excluding carboxylic acids is 1. The molecular weight excluding hydrogens is 400 g/mol. The highest BCUT2D eigenvalue weighted by molar-refractivity contribution is 5.79. The molecule has 0 spiro atoms. The zero-order valence-electron chi connectivity index (χ0n) is 20.1. The van der Waals surface area contributed by atoms with E-state index in [0.29, 0.717) is 13.2 Å². The molecule has 5 nitrogen and oxygen atoms in total. The van der Waals surface area contributed by atoms with Crippen molar-refractivity contribution in [2.24, 2.45) is 11.7 Å². The summed E-state index contributed by atoms with van der Waals surface area (Å²) in [7, 11) is 0. The minimum absolute atomic E-state index is 0.140. The Morgan fingerprint density at radius 2 is 1.66 bits per heavy atom. The van der Waals surface area contributed by atoms with Gasteiger partial charge < -0.3 is 20.5 Å². The van der Waals surface area contributed by atoms with Crippen LogP contribution in [0.25, 0.3) is 11.1 Å². The number of aliphatic hydroxyl groups excluding tert-OH is 1. The van der Waals surface area contributed by atoms with E-state index in [-0.39, 0.29) is 30.6 Å². The number of ether oxygens (including phenoxy) is 1. The number of likely N-dealkylation sites (tertiary alicyclic amines) is 1. The highest BCUT2D eigenvalue weighted by atomic mass is 16.6. The van der Waals surface area contributed by atoms with Crippen LogP contribution in [0.5, 0.6) is 0 Å². The predicted octanol–water partition coefficient (Wildman–Crippen LogP) is 5.41. The first kappa shape index (κ1) is 25.9. The SMILES string of the molecule is CC.CC(CN)CO.CC1CCCCN1C(=O)OCC1c2ccccc2-c2ccccc21. The molecule has 176 valence electrons. The topological polar surface area (TPSA) is 75.8 Å². The van der Waals surface area contributed by atoms with Gasteiger partial charge in [0.15, 0.2) is 0 Å². The largest absolute Gasteiger partial charge is 0.448 e. The molecule has 32 heavy (non-hydrogen) atoms. The lowest BCUT2D eigenvalue weighted by atomic mass is 9.98. The molecule has 3 N–H and O–H groups in total. The third kappa shape index (κ3) is 6.33. The Labute approximate surface area is 193 Å². The van der Waals surface area contributed by atoms with Crippen LogP contribution in [-0.4, -0.2) is 48.4 Å². The monoisotopic (exact) mass is 440 g/mol. The Hall–Kier alpha value is -2.37. The third-order valence-electron chi connectivity index (χ3n) is 6.09. The first-order valence-corrected chi connectivity index (χ1v) is 12.0. The van der Waals surface area contributed by atoms with Crippen LogP contribution >= 0.6 is 0 Å². The average Bonchev–Trinajstić information content (AvgIpc) is 3.17. The molecule has 2 aromatic carbocycles. The number of fused-ring (bicyclic) bond motifs is 3. The zero-order chi connectivity index (χ0) is 23.5. The van der Waals surface area contributed by atoms with Crippen LogP contribution < -0.4 is 5.73 Å². The van der Waals surface area contributed by atoms with Gasteiger partial charge in [0.25, 0.3) is 0 Å². The van der Waals surface area contributed by atoms with Crippen molar-refractivity contribution in [1.82, 2.24) is 4.90 Å². The van der Waals surface area contributed by atoms with Gasteiger partial charge in [0.2, 0.25) is 0 Å². The molecule has 0 bridgehead atoms. The van der Waals surface area contributed by atoms with E-state index >= 15 is 0 Å². The van der Waals surface area contributed by atoms with E-state index in [1.54, 1.807) is 0 Å². The quantitative estimate of drug-likeness (QED) is 0.666. The Kier molecular flexibility index (Phi) is 10.7. The lowest BCUT2D eigenvalue weighted by Crippen LogP contribution is -2.42. The molecule has 0 saturated carbocycles. The lowest BCUT2D eigenvalue weighted by molar-refractivity contribution is 0.0754. The lowest BCUT2D eigenvalue weighted by Gasteiger charge is -2.32. The van der Waals surface area contributed by atoms with Gasteiger partial charge in [-0.25, -0.2) is 4.79 Å². The Balaban J connectivity index is 0.000000396. The fourth-order valence-corrected chi connectivity index (χ4v) is 4.12. The number of amides is 1. The van der Waals surface area contributed by atoms with Crippen LogP contribution in [0, 0.1) is 5.92 Å². The summed E-state index contributed by atoms with van der Waals surface area (Å²) in [6.07, 6.45) is 3.19. The third-order valence-corrected chi connectivity index (χ3v) is 6.09. The van der Waals surface area contributed by atoms with Gasteiger partial charge >= 0.3 is 6.09 Å².